The summed E-state index contributed by atoms with van der Waals surface area (Å²) in [6, 6.07) is 5.90. The number of benzene rings is 1. The minimum atomic E-state index is 0.0287. The molecular formula is C16H24N2O2. The van der Waals surface area contributed by atoms with E-state index < -0.39 is 0 Å². The fraction of sp³-hybridized carbons (Fsp3) is 0.562. The maximum Gasteiger partial charge on any atom is 0.251 e. The molecule has 0 aromatic heterocycles. The van der Waals surface area contributed by atoms with Gasteiger partial charge in [0.25, 0.3) is 5.91 Å². The van der Waals surface area contributed by atoms with Crippen molar-refractivity contribution in [2.75, 3.05) is 31.6 Å². The molecular weight excluding hydrogens is 252 g/mol. The van der Waals surface area contributed by atoms with E-state index in [1.54, 1.807) is 0 Å². The lowest BCUT2D eigenvalue weighted by molar-refractivity contribution is 0.0940. The molecule has 0 saturated heterocycles. The van der Waals surface area contributed by atoms with E-state index >= 15 is 0 Å². The highest BCUT2D eigenvalue weighted by Crippen LogP contribution is 2.25. The van der Waals surface area contributed by atoms with Crippen LogP contribution in [0, 0.1) is 0 Å². The second-order valence-corrected chi connectivity index (χ2v) is 5.08. The van der Waals surface area contributed by atoms with E-state index in [-0.39, 0.29) is 5.91 Å². The monoisotopic (exact) mass is 276 g/mol. The molecule has 0 aliphatic carbocycles. The highest BCUT2D eigenvalue weighted by molar-refractivity contribution is 5.97. The standard InChI is InChI=1S/C16H24N2O2/c1-2-11-20-12-5-10-18-16(19)14-6-3-8-15-13(14)7-4-9-17-15/h3,6,8,17H,2,4-5,7,9-12H2,1H3,(H,18,19). The van der Waals surface area contributed by atoms with Crippen LogP contribution in [0.2, 0.25) is 0 Å². The van der Waals surface area contributed by atoms with Crippen molar-refractivity contribution in [1.29, 1.82) is 0 Å². The Morgan fingerprint density at radius 1 is 1.40 bits per heavy atom. The van der Waals surface area contributed by atoms with Crippen LogP contribution in [0.4, 0.5) is 5.69 Å². The normalized spacial score (nSPS) is 13.4. The molecule has 2 N–H and O–H groups in total. The minimum Gasteiger partial charge on any atom is -0.385 e. The fourth-order valence-corrected chi connectivity index (χ4v) is 2.44. The van der Waals surface area contributed by atoms with Crippen LogP contribution in [0.1, 0.15) is 42.1 Å². The van der Waals surface area contributed by atoms with Gasteiger partial charge in [-0.05, 0) is 43.4 Å². The molecule has 1 aliphatic rings. The summed E-state index contributed by atoms with van der Waals surface area (Å²) in [5, 5.41) is 6.33. The first-order chi connectivity index (χ1) is 9.83. The van der Waals surface area contributed by atoms with Crippen LogP contribution in [0.15, 0.2) is 18.2 Å². The Hall–Kier alpha value is -1.55. The largest absolute Gasteiger partial charge is 0.385 e. The molecule has 0 unspecified atom stereocenters. The number of carbonyl (C=O) groups is 1. The number of carbonyl (C=O) groups excluding carboxylic acids is 1. The zero-order chi connectivity index (χ0) is 14.2. The third-order valence-corrected chi connectivity index (χ3v) is 3.44. The van der Waals surface area contributed by atoms with E-state index in [4.69, 9.17) is 4.74 Å². The molecule has 4 nitrogen and oxygen atoms in total. The van der Waals surface area contributed by atoms with E-state index in [2.05, 4.69) is 17.6 Å². The Morgan fingerprint density at radius 2 is 2.30 bits per heavy atom. The van der Waals surface area contributed by atoms with Crippen LogP contribution in [0.5, 0.6) is 0 Å². The van der Waals surface area contributed by atoms with Gasteiger partial charge < -0.3 is 15.4 Å². The van der Waals surface area contributed by atoms with Crippen LogP contribution >= 0.6 is 0 Å². The first-order valence-electron chi connectivity index (χ1n) is 7.54. The highest BCUT2D eigenvalue weighted by atomic mass is 16.5. The van der Waals surface area contributed by atoms with E-state index in [0.717, 1.165) is 55.6 Å². The van der Waals surface area contributed by atoms with Gasteiger partial charge in [0, 0.05) is 37.6 Å². The van der Waals surface area contributed by atoms with Gasteiger partial charge in [-0.15, -0.1) is 0 Å². The van der Waals surface area contributed by atoms with Crippen molar-refractivity contribution in [3.63, 3.8) is 0 Å². The molecule has 1 heterocycles. The van der Waals surface area contributed by atoms with Crippen LogP contribution in [-0.4, -0.2) is 32.2 Å². The van der Waals surface area contributed by atoms with Gasteiger partial charge in [0.2, 0.25) is 0 Å². The van der Waals surface area contributed by atoms with Gasteiger partial charge in [0.1, 0.15) is 0 Å². The molecule has 4 heteroatoms. The molecule has 0 fully saturated rings. The van der Waals surface area contributed by atoms with Gasteiger partial charge in [-0.1, -0.05) is 13.0 Å². The van der Waals surface area contributed by atoms with Gasteiger partial charge >= 0.3 is 0 Å². The van der Waals surface area contributed by atoms with Crippen molar-refractivity contribution in [3.8, 4) is 0 Å². The minimum absolute atomic E-state index is 0.0287. The summed E-state index contributed by atoms with van der Waals surface area (Å²) in [6.45, 7) is 5.26. The number of nitrogens with one attached hydrogen (secondary N) is 2. The Labute approximate surface area is 120 Å². The number of fused-ring (bicyclic) bond motifs is 1. The Morgan fingerprint density at radius 3 is 3.15 bits per heavy atom. The van der Waals surface area contributed by atoms with E-state index in [1.165, 1.54) is 0 Å². The summed E-state index contributed by atoms with van der Waals surface area (Å²) in [6.07, 6.45) is 3.96. The van der Waals surface area contributed by atoms with Crippen LogP contribution < -0.4 is 10.6 Å². The number of ether oxygens (including phenoxy) is 1. The molecule has 0 bridgehead atoms. The predicted octanol–water partition coefficient (Wildman–Crippen LogP) is 2.59. The molecule has 0 spiro atoms. The number of hydrogen-bond donors (Lipinski definition) is 2. The van der Waals surface area contributed by atoms with Gasteiger partial charge in [-0.25, -0.2) is 0 Å². The predicted molar refractivity (Wildman–Crippen MR) is 81.3 cm³/mol. The van der Waals surface area contributed by atoms with Crippen molar-refractivity contribution in [1.82, 2.24) is 5.32 Å². The quantitative estimate of drug-likeness (QED) is 0.753. The molecule has 0 radical (unpaired) electrons. The topological polar surface area (TPSA) is 50.4 Å². The van der Waals surface area contributed by atoms with Crippen molar-refractivity contribution >= 4 is 11.6 Å². The number of hydrogen-bond acceptors (Lipinski definition) is 3. The Bertz CT molecular complexity index is 446. The first kappa shape index (κ1) is 14.9. The van der Waals surface area contributed by atoms with Gasteiger partial charge in [0.15, 0.2) is 0 Å². The van der Waals surface area contributed by atoms with Crippen LogP contribution in [0.3, 0.4) is 0 Å². The Kier molecular flexibility index (Phi) is 5.87. The summed E-state index contributed by atoms with van der Waals surface area (Å²) < 4.78 is 5.40. The molecule has 20 heavy (non-hydrogen) atoms. The van der Waals surface area contributed by atoms with Gasteiger partial charge in [-0.2, -0.15) is 0 Å². The zero-order valence-electron chi connectivity index (χ0n) is 12.2. The third kappa shape index (κ3) is 3.97. The second-order valence-electron chi connectivity index (χ2n) is 5.08. The lowest BCUT2D eigenvalue weighted by atomic mass is 9.97. The molecule has 1 aromatic rings. The van der Waals surface area contributed by atoms with Crippen molar-refractivity contribution in [3.05, 3.63) is 29.3 Å². The second kappa shape index (κ2) is 7.90. The lowest BCUT2D eigenvalue weighted by Gasteiger charge is -2.20. The van der Waals surface area contributed by atoms with Crippen LogP contribution in [-0.2, 0) is 11.2 Å². The first-order valence-corrected chi connectivity index (χ1v) is 7.54. The average Bonchev–Trinajstić information content (AvgIpc) is 2.50. The molecule has 1 aliphatic heterocycles. The third-order valence-electron chi connectivity index (χ3n) is 3.44. The summed E-state index contributed by atoms with van der Waals surface area (Å²) >= 11 is 0. The summed E-state index contributed by atoms with van der Waals surface area (Å²) in [4.78, 5) is 12.2. The van der Waals surface area contributed by atoms with Gasteiger partial charge in [0.05, 0.1) is 0 Å². The molecule has 1 amide bonds. The molecule has 2 rings (SSSR count). The molecule has 0 atom stereocenters. The smallest absolute Gasteiger partial charge is 0.251 e. The number of anilines is 1. The van der Waals surface area contributed by atoms with Crippen molar-refractivity contribution < 1.29 is 9.53 Å². The maximum absolute atomic E-state index is 12.2. The Balaban J connectivity index is 1.83. The summed E-state index contributed by atoms with van der Waals surface area (Å²) in [5.74, 6) is 0.0287. The molecule has 0 saturated carbocycles. The fourth-order valence-electron chi connectivity index (χ4n) is 2.44. The van der Waals surface area contributed by atoms with Gasteiger partial charge in [-0.3, -0.25) is 4.79 Å². The lowest BCUT2D eigenvalue weighted by Crippen LogP contribution is -2.27. The maximum atomic E-state index is 12.2. The number of rotatable bonds is 7. The SMILES string of the molecule is CCCOCCCNC(=O)c1cccc2c1CCCN2. The van der Waals surface area contributed by atoms with Crippen molar-refractivity contribution in [2.45, 2.75) is 32.6 Å². The van der Waals surface area contributed by atoms with E-state index in [0.29, 0.717) is 13.2 Å². The van der Waals surface area contributed by atoms with Crippen LogP contribution in [0.25, 0.3) is 0 Å². The van der Waals surface area contributed by atoms with E-state index in [9.17, 15) is 4.79 Å². The highest BCUT2D eigenvalue weighted by Gasteiger charge is 2.16. The summed E-state index contributed by atoms with van der Waals surface area (Å²) in [7, 11) is 0. The average molecular weight is 276 g/mol. The van der Waals surface area contributed by atoms with E-state index in [1.807, 2.05) is 18.2 Å². The zero-order valence-corrected chi connectivity index (χ0v) is 12.2. The van der Waals surface area contributed by atoms with Crippen molar-refractivity contribution in [2.24, 2.45) is 0 Å². The number of amides is 1. The summed E-state index contributed by atoms with van der Waals surface area (Å²) in [5.41, 5.74) is 3.07. The molecule has 1 aromatic carbocycles. The molecule has 110 valence electrons.